The number of benzene rings is 1. The molecule has 1 N–H and O–H groups in total. The van der Waals surface area contributed by atoms with E-state index in [4.69, 9.17) is 11.6 Å². The van der Waals surface area contributed by atoms with E-state index in [1.807, 2.05) is 19.9 Å². The predicted molar refractivity (Wildman–Crippen MR) is 86.6 cm³/mol. The van der Waals surface area contributed by atoms with Gasteiger partial charge in [0.15, 0.2) is 0 Å². The van der Waals surface area contributed by atoms with Crippen molar-refractivity contribution in [3.8, 4) is 11.3 Å². The van der Waals surface area contributed by atoms with Gasteiger partial charge in [-0.15, -0.1) is 0 Å². The fourth-order valence-corrected chi connectivity index (χ4v) is 2.91. The molecule has 0 spiro atoms. The Morgan fingerprint density at radius 2 is 2.09 bits per heavy atom. The van der Waals surface area contributed by atoms with E-state index in [0.29, 0.717) is 11.1 Å². The van der Waals surface area contributed by atoms with E-state index in [9.17, 15) is 14.3 Å². The van der Waals surface area contributed by atoms with Gasteiger partial charge in [-0.2, -0.15) is 5.10 Å². The molecule has 0 saturated heterocycles. The molecule has 0 aliphatic heterocycles. The molecule has 1 aromatic carbocycles. The molecule has 2 aromatic heterocycles. The van der Waals surface area contributed by atoms with Crippen molar-refractivity contribution >= 4 is 23.1 Å². The zero-order valence-electron chi connectivity index (χ0n) is 12.5. The lowest BCUT2D eigenvalue weighted by Gasteiger charge is -2.16. The molecule has 0 aliphatic rings. The van der Waals surface area contributed by atoms with Crippen molar-refractivity contribution in [3.05, 3.63) is 58.5 Å². The molecule has 0 aliphatic carbocycles. The number of rotatable bonds is 3. The van der Waals surface area contributed by atoms with Gasteiger partial charge in [-0.25, -0.2) is 13.7 Å². The summed E-state index contributed by atoms with van der Waals surface area (Å²) in [6.07, 6.45) is 1.75. The lowest BCUT2D eigenvalue weighted by Crippen LogP contribution is -2.12. The van der Waals surface area contributed by atoms with Crippen LogP contribution in [0.2, 0.25) is 5.02 Å². The maximum absolute atomic E-state index is 13.4. The maximum Gasteiger partial charge on any atom is 0.338 e. The summed E-state index contributed by atoms with van der Waals surface area (Å²) >= 11 is 5.84. The number of halogens is 2. The summed E-state index contributed by atoms with van der Waals surface area (Å²) in [7, 11) is 0. The number of carbonyl (C=O) groups is 1. The smallest absolute Gasteiger partial charge is 0.338 e. The fraction of sp³-hybridized carbons (Fsp3) is 0.176. The van der Waals surface area contributed by atoms with E-state index >= 15 is 0 Å². The number of aromatic carboxylic acids is 1. The second-order valence-corrected chi connectivity index (χ2v) is 5.97. The first-order valence-electron chi connectivity index (χ1n) is 7.10. The van der Waals surface area contributed by atoms with Crippen molar-refractivity contribution in [1.82, 2.24) is 9.61 Å². The number of hydrogen-bond donors (Lipinski definition) is 1. The van der Waals surface area contributed by atoms with Crippen molar-refractivity contribution in [2.24, 2.45) is 0 Å². The SMILES string of the molecule is CC(C)c1c(C(=O)O)c(-c2ccc(F)c(Cl)c2)nn2cccc12. The van der Waals surface area contributed by atoms with Crippen LogP contribution in [0.15, 0.2) is 36.5 Å². The van der Waals surface area contributed by atoms with Gasteiger partial charge in [0.25, 0.3) is 0 Å². The van der Waals surface area contributed by atoms with Gasteiger partial charge in [0.1, 0.15) is 11.5 Å². The molecule has 118 valence electrons. The van der Waals surface area contributed by atoms with Gasteiger partial charge in [0, 0.05) is 11.8 Å². The Labute approximate surface area is 137 Å². The number of hydrogen-bond acceptors (Lipinski definition) is 2. The summed E-state index contributed by atoms with van der Waals surface area (Å²) in [6, 6.07) is 7.72. The van der Waals surface area contributed by atoms with Crippen LogP contribution in [0.3, 0.4) is 0 Å². The third kappa shape index (κ3) is 2.57. The van der Waals surface area contributed by atoms with Crippen molar-refractivity contribution in [1.29, 1.82) is 0 Å². The molecule has 2 heterocycles. The number of carboxylic acids is 1. The van der Waals surface area contributed by atoms with Crippen LogP contribution >= 0.6 is 11.6 Å². The molecule has 3 aromatic rings. The van der Waals surface area contributed by atoms with Crippen molar-refractivity contribution in [3.63, 3.8) is 0 Å². The van der Waals surface area contributed by atoms with E-state index in [-0.39, 0.29) is 22.2 Å². The van der Waals surface area contributed by atoms with Gasteiger partial charge in [-0.05, 0) is 41.8 Å². The lowest BCUT2D eigenvalue weighted by atomic mass is 9.93. The minimum atomic E-state index is -1.07. The molecule has 4 nitrogen and oxygen atoms in total. The average molecular weight is 333 g/mol. The first-order chi connectivity index (χ1) is 10.9. The molecule has 0 fully saturated rings. The normalized spacial score (nSPS) is 11.3. The Hall–Kier alpha value is -2.40. The first kappa shape index (κ1) is 15.5. The number of fused-ring (bicyclic) bond motifs is 1. The third-order valence-corrected chi connectivity index (χ3v) is 3.99. The van der Waals surface area contributed by atoms with Crippen molar-refractivity contribution in [2.45, 2.75) is 19.8 Å². The summed E-state index contributed by atoms with van der Waals surface area (Å²) in [6.45, 7) is 3.85. The van der Waals surface area contributed by atoms with Crippen LogP contribution in [0.1, 0.15) is 35.7 Å². The quantitative estimate of drug-likeness (QED) is 0.761. The van der Waals surface area contributed by atoms with Gasteiger partial charge in [-0.3, -0.25) is 0 Å². The van der Waals surface area contributed by atoms with Gasteiger partial charge < -0.3 is 5.11 Å². The van der Waals surface area contributed by atoms with Gasteiger partial charge in [0.05, 0.1) is 16.1 Å². The van der Waals surface area contributed by atoms with E-state index in [1.54, 1.807) is 16.8 Å². The minimum absolute atomic E-state index is 0.0174. The van der Waals surface area contributed by atoms with Crippen LogP contribution in [0.25, 0.3) is 16.8 Å². The fourth-order valence-electron chi connectivity index (χ4n) is 2.73. The number of carboxylic acid groups (broad SMARTS) is 1. The zero-order chi connectivity index (χ0) is 16.7. The Morgan fingerprint density at radius 1 is 1.35 bits per heavy atom. The highest BCUT2D eigenvalue weighted by atomic mass is 35.5. The summed E-state index contributed by atoms with van der Waals surface area (Å²) in [5.74, 6) is -1.64. The lowest BCUT2D eigenvalue weighted by molar-refractivity contribution is 0.0695. The van der Waals surface area contributed by atoms with Crippen LogP contribution in [-0.2, 0) is 0 Å². The Balaban J connectivity index is 2.41. The Bertz CT molecular complexity index is 918. The van der Waals surface area contributed by atoms with E-state index < -0.39 is 11.8 Å². The van der Waals surface area contributed by atoms with Gasteiger partial charge in [0.2, 0.25) is 0 Å². The maximum atomic E-state index is 13.4. The molecule has 0 bridgehead atoms. The highest BCUT2D eigenvalue weighted by molar-refractivity contribution is 6.31. The van der Waals surface area contributed by atoms with Crippen molar-refractivity contribution in [2.75, 3.05) is 0 Å². The molecule has 0 radical (unpaired) electrons. The molecule has 23 heavy (non-hydrogen) atoms. The third-order valence-electron chi connectivity index (χ3n) is 3.70. The molecular weight excluding hydrogens is 319 g/mol. The first-order valence-corrected chi connectivity index (χ1v) is 7.48. The molecule has 0 amide bonds. The summed E-state index contributed by atoms with van der Waals surface area (Å²) in [5.41, 5.74) is 2.29. The minimum Gasteiger partial charge on any atom is -0.478 e. The largest absolute Gasteiger partial charge is 0.478 e. The second kappa shape index (κ2) is 5.66. The topological polar surface area (TPSA) is 54.6 Å². The predicted octanol–water partition coefficient (Wildman–Crippen LogP) is 4.62. The van der Waals surface area contributed by atoms with Crippen LogP contribution in [0.5, 0.6) is 0 Å². The van der Waals surface area contributed by atoms with E-state index in [1.165, 1.54) is 18.2 Å². The van der Waals surface area contributed by atoms with E-state index in [0.717, 1.165) is 5.52 Å². The van der Waals surface area contributed by atoms with E-state index in [2.05, 4.69) is 5.10 Å². The highest BCUT2D eigenvalue weighted by Crippen LogP contribution is 2.33. The van der Waals surface area contributed by atoms with Gasteiger partial charge >= 0.3 is 5.97 Å². The standard InChI is InChI=1S/C17H14ClFN2O2/c1-9(2)14-13-4-3-7-21(13)20-16(15(14)17(22)23)10-5-6-12(19)11(18)8-10/h3-9H,1-2H3,(H,22,23). The molecule has 6 heteroatoms. The van der Waals surface area contributed by atoms with Crippen LogP contribution in [-0.4, -0.2) is 20.7 Å². The summed E-state index contributed by atoms with van der Waals surface area (Å²) < 4.78 is 15.0. The average Bonchev–Trinajstić information content (AvgIpc) is 2.95. The molecular formula is C17H14ClFN2O2. The summed E-state index contributed by atoms with van der Waals surface area (Å²) in [5, 5.41) is 14.0. The zero-order valence-corrected chi connectivity index (χ0v) is 13.3. The highest BCUT2D eigenvalue weighted by Gasteiger charge is 2.24. The number of nitrogens with zero attached hydrogens (tertiary/aromatic N) is 2. The van der Waals surface area contributed by atoms with Crippen LogP contribution in [0, 0.1) is 5.82 Å². The Morgan fingerprint density at radius 3 is 2.70 bits per heavy atom. The molecule has 3 rings (SSSR count). The Kier molecular flexibility index (Phi) is 3.82. The molecule has 0 atom stereocenters. The summed E-state index contributed by atoms with van der Waals surface area (Å²) in [4.78, 5) is 11.9. The van der Waals surface area contributed by atoms with Crippen molar-refractivity contribution < 1.29 is 14.3 Å². The number of aromatic nitrogens is 2. The molecule has 0 saturated carbocycles. The monoisotopic (exact) mass is 332 g/mol. The van der Waals surface area contributed by atoms with Crippen LogP contribution in [0.4, 0.5) is 4.39 Å². The molecule has 0 unspecified atom stereocenters. The van der Waals surface area contributed by atoms with Crippen LogP contribution < -0.4 is 0 Å². The second-order valence-electron chi connectivity index (χ2n) is 5.56. The van der Waals surface area contributed by atoms with Gasteiger partial charge in [-0.1, -0.05) is 25.4 Å².